The molecule has 0 atom stereocenters. The summed E-state index contributed by atoms with van der Waals surface area (Å²) in [6, 6.07) is 4.80. The zero-order chi connectivity index (χ0) is 14.8. The minimum Gasteiger partial charge on any atom is -0.378 e. The second kappa shape index (κ2) is 5.61. The van der Waals surface area contributed by atoms with E-state index in [0.717, 1.165) is 5.56 Å². The molecule has 0 amide bonds. The van der Waals surface area contributed by atoms with Gasteiger partial charge >= 0.3 is 0 Å². The van der Waals surface area contributed by atoms with Crippen molar-refractivity contribution in [1.29, 1.82) is 0 Å². The van der Waals surface area contributed by atoms with Crippen LogP contribution in [0.1, 0.15) is 5.56 Å². The molecule has 1 aliphatic rings. The van der Waals surface area contributed by atoms with Gasteiger partial charge < -0.3 is 15.4 Å². The first-order valence-corrected chi connectivity index (χ1v) is 6.74. The lowest BCUT2D eigenvalue weighted by molar-refractivity contribution is 0.122. The van der Waals surface area contributed by atoms with Crippen molar-refractivity contribution in [2.45, 2.75) is 6.92 Å². The molecule has 0 unspecified atom stereocenters. The first-order valence-electron chi connectivity index (χ1n) is 6.74. The second-order valence-electron chi connectivity index (χ2n) is 4.90. The minimum absolute atomic E-state index is 0.0856. The molecule has 2 heterocycles. The van der Waals surface area contributed by atoms with Crippen molar-refractivity contribution >= 4 is 11.9 Å². The molecule has 1 saturated heterocycles. The van der Waals surface area contributed by atoms with E-state index in [1.54, 1.807) is 12.1 Å². The summed E-state index contributed by atoms with van der Waals surface area (Å²) < 4.78 is 19.3. The Morgan fingerprint density at radius 2 is 1.95 bits per heavy atom. The van der Waals surface area contributed by atoms with E-state index in [0.29, 0.717) is 37.8 Å². The number of halogens is 1. The maximum absolute atomic E-state index is 14.0. The van der Waals surface area contributed by atoms with Crippen LogP contribution in [0.4, 0.5) is 16.3 Å². The summed E-state index contributed by atoms with van der Waals surface area (Å²) in [5.41, 5.74) is 7.01. The van der Waals surface area contributed by atoms with Crippen LogP contribution in [0.25, 0.3) is 11.4 Å². The van der Waals surface area contributed by atoms with Gasteiger partial charge in [-0.2, -0.15) is 15.0 Å². The zero-order valence-electron chi connectivity index (χ0n) is 11.7. The van der Waals surface area contributed by atoms with Crippen molar-refractivity contribution in [3.05, 3.63) is 29.6 Å². The molecule has 1 aromatic heterocycles. The van der Waals surface area contributed by atoms with Crippen LogP contribution in [0, 0.1) is 12.7 Å². The number of anilines is 2. The van der Waals surface area contributed by atoms with Crippen LogP contribution in [0.5, 0.6) is 0 Å². The molecule has 6 nitrogen and oxygen atoms in total. The molecule has 110 valence electrons. The average Bonchev–Trinajstić information content (AvgIpc) is 2.50. The molecular weight excluding hydrogens is 273 g/mol. The van der Waals surface area contributed by atoms with E-state index in [1.165, 1.54) is 6.07 Å². The Morgan fingerprint density at radius 3 is 2.71 bits per heavy atom. The molecule has 21 heavy (non-hydrogen) atoms. The first kappa shape index (κ1) is 13.7. The van der Waals surface area contributed by atoms with Gasteiger partial charge in [0.25, 0.3) is 0 Å². The number of nitrogen functional groups attached to an aromatic ring is 1. The summed E-state index contributed by atoms with van der Waals surface area (Å²) in [4.78, 5) is 14.5. The Morgan fingerprint density at radius 1 is 1.19 bits per heavy atom. The molecule has 7 heteroatoms. The molecule has 3 rings (SSSR count). The van der Waals surface area contributed by atoms with Crippen LogP contribution >= 0.6 is 0 Å². The summed E-state index contributed by atoms with van der Waals surface area (Å²) in [5.74, 6) is 0.424. The maximum Gasteiger partial charge on any atom is 0.230 e. The predicted octanol–water partition coefficient (Wildman–Crippen LogP) is 1.40. The highest BCUT2D eigenvalue weighted by Crippen LogP contribution is 2.23. The van der Waals surface area contributed by atoms with Gasteiger partial charge in [-0.15, -0.1) is 0 Å². The minimum atomic E-state index is -0.376. The fourth-order valence-corrected chi connectivity index (χ4v) is 2.22. The van der Waals surface area contributed by atoms with Crippen molar-refractivity contribution in [3.8, 4) is 11.4 Å². The molecule has 1 fully saturated rings. The fraction of sp³-hybridized carbons (Fsp3) is 0.357. The van der Waals surface area contributed by atoms with Gasteiger partial charge in [-0.05, 0) is 19.1 Å². The summed E-state index contributed by atoms with van der Waals surface area (Å²) in [5, 5.41) is 0. The average molecular weight is 289 g/mol. The smallest absolute Gasteiger partial charge is 0.230 e. The van der Waals surface area contributed by atoms with Crippen LogP contribution in [0.15, 0.2) is 18.2 Å². The maximum atomic E-state index is 14.0. The molecule has 2 aromatic rings. The van der Waals surface area contributed by atoms with Gasteiger partial charge in [0.2, 0.25) is 11.9 Å². The Labute approximate surface area is 121 Å². The van der Waals surface area contributed by atoms with E-state index in [1.807, 2.05) is 11.8 Å². The van der Waals surface area contributed by atoms with E-state index in [-0.39, 0.29) is 17.6 Å². The fourth-order valence-electron chi connectivity index (χ4n) is 2.22. The van der Waals surface area contributed by atoms with Gasteiger partial charge in [0.05, 0.1) is 18.8 Å². The number of aryl methyl sites for hydroxylation is 1. The summed E-state index contributed by atoms with van der Waals surface area (Å²) in [7, 11) is 0. The van der Waals surface area contributed by atoms with Crippen molar-refractivity contribution in [3.63, 3.8) is 0 Å². The Kier molecular flexibility index (Phi) is 3.66. The predicted molar refractivity (Wildman–Crippen MR) is 77.4 cm³/mol. The number of morpholine rings is 1. The number of hydrogen-bond acceptors (Lipinski definition) is 6. The number of hydrogen-bond donors (Lipinski definition) is 1. The SMILES string of the molecule is Cc1ccc(F)c(-c2nc(N)nc(N3CCOCC3)n2)c1. The summed E-state index contributed by atoms with van der Waals surface area (Å²) >= 11 is 0. The van der Waals surface area contributed by atoms with E-state index >= 15 is 0 Å². The lowest BCUT2D eigenvalue weighted by Crippen LogP contribution is -2.37. The van der Waals surface area contributed by atoms with Crippen LogP contribution < -0.4 is 10.6 Å². The standard InChI is InChI=1S/C14H16FN5O/c1-9-2-3-11(15)10(8-9)12-17-13(16)19-14(18-12)20-4-6-21-7-5-20/h2-3,8H,4-7H2,1H3,(H2,16,17,18,19). The van der Waals surface area contributed by atoms with E-state index in [4.69, 9.17) is 10.5 Å². The zero-order valence-corrected chi connectivity index (χ0v) is 11.7. The number of aromatic nitrogens is 3. The van der Waals surface area contributed by atoms with E-state index < -0.39 is 0 Å². The Hall–Kier alpha value is -2.28. The van der Waals surface area contributed by atoms with Crippen LogP contribution in [0.2, 0.25) is 0 Å². The highest BCUT2D eigenvalue weighted by molar-refractivity contribution is 5.59. The van der Waals surface area contributed by atoms with Gasteiger partial charge in [-0.3, -0.25) is 0 Å². The van der Waals surface area contributed by atoms with E-state index in [9.17, 15) is 4.39 Å². The first-order chi connectivity index (χ1) is 10.1. The molecule has 0 spiro atoms. The van der Waals surface area contributed by atoms with E-state index in [2.05, 4.69) is 15.0 Å². The van der Waals surface area contributed by atoms with Crippen LogP contribution in [0.3, 0.4) is 0 Å². The van der Waals surface area contributed by atoms with Crippen molar-refractivity contribution < 1.29 is 9.13 Å². The van der Waals surface area contributed by atoms with Crippen molar-refractivity contribution in [2.24, 2.45) is 0 Å². The number of ether oxygens (including phenoxy) is 1. The third-order valence-corrected chi connectivity index (χ3v) is 3.30. The van der Waals surface area contributed by atoms with Crippen LogP contribution in [-0.4, -0.2) is 41.3 Å². The third kappa shape index (κ3) is 2.92. The quantitative estimate of drug-likeness (QED) is 0.900. The molecule has 2 N–H and O–H groups in total. The molecular formula is C14H16FN5O. The van der Waals surface area contributed by atoms with Gasteiger partial charge in [0.1, 0.15) is 5.82 Å². The highest BCUT2D eigenvalue weighted by atomic mass is 19.1. The number of rotatable bonds is 2. The van der Waals surface area contributed by atoms with Gasteiger partial charge in [0.15, 0.2) is 5.82 Å². The number of benzene rings is 1. The Balaban J connectivity index is 2.02. The topological polar surface area (TPSA) is 77.2 Å². The molecule has 0 saturated carbocycles. The highest BCUT2D eigenvalue weighted by Gasteiger charge is 2.17. The van der Waals surface area contributed by atoms with Crippen LogP contribution in [-0.2, 0) is 4.74 Å². The monoisotopic (exact) mass is 289 g/mol. The molecule has 1 aliphatic heterocycles. The third-order valence-electron chi connectivity index (χ3n) is 3.30. The lowest BCUT2D eigenvalue weighted by atomic mass is 10.1. The molecule has 1 aromatic carbocycles. The lowest BCUT2D eigenvalue weighted by Gasteiger charge is -2.26. The summed E-state index contributed by atoms with van der Waals surface area (Å²) in [6.07, 6.45) is 0. The molecule has 0 aliphatic carbocycles. The van der Waals surface area contributed by atoms with Crippen molar-refractivity contribution in [2.75, 3.05) is 36.9 Å². The number of nitrogens with zero attached hydrogens (tertiary/aromatic N) is 4. The second-order valence-corrected chi connectivity index (χ2v) is 4.90. The molecule has 0 radical (unpaired) electrons. The normalized spacial score (nSPS) is 15.2. The van der Waals surface area contributed by atoms with Gasteiger partial charge in [-0.1, -0.05) is 11.6 Å². The Bertz CT molecular complexity index is 658. The van der Waals surface area contributed by atoms with Gasteiger partial charge in [-0.25, -0.2) is 4.39 Å². The number of nitrogens with two attached hydrogens (primary N) is 1. The van der Waals surface area contributed by atoms with Crippen molar-refractivity contribution in [1.82, 2.24) is 15.0 Å². The molecule has 0 bridgehead atoms. The summed E-state index contributed by atoms with van der Waals surface area (Å²) in [6.45, 7) is 4.47. The largest absolute Gasteiger partial charge is 0.378 e. The van der Waals surface area contributed by atoms with Gasteiger partial charge in [0, 0.05) is 13.1 Å².